The molecule has 1 fully saturated rings. The number of rotatable bonds is 10. The van der Waals surface area contributed by atoms with Crippen molar-refractivity contribution >= 4 is 15.9 Å². The van der Waals surface area contributed by atoms with Crippen LogP contribution in [0.3, 0.4) is 0 Å². The van der Waals surface area contributed by atoms with Crippen LogP contribution in [-0.4, -0.2) is 62.3 Å². The van der Waals surface area contributed by atoms with Gasteiger partial charge >= 0.3 is 0 Å². The van der Waals surface area contributed by atoms with Gasteiger partial charge in [0.05, 0.1) is 4.90 Å². The van der Waals surface area contributed by atoms with E-state index in [2.05, 4.69) is 36.2 Å². The Bertz CT molecular complexity index is 1040. The Labute approximate surface area is 205 Å². The van der Waals surface area contributed by atoms with Crippen LogP contribution in [0.4, 0.5) is 0 Å². The SMILES string of the molecule is CCN(CC)C(CNC(=O)C1CCN(S(=O)(=O)c2ccc(C)cc2C)CC1)Cc1ccccc1. The highest BCUT2D eigenvalue weighted by molar-refractivity contribution is 7.89. The second-order valence-corrected chi connectivity index (χ2v) is 11.2. The third-order valence-corrected chi connectivity index (χ3v) is 8.99. The lowest BCUT2D eigenvalue weighted by atomic mass is 9.97. The minimum absolute atomic E-state index is 0.0359. The summed E-state index contributed by atoms with van der Waals surface area (Å²) < 4.78 is 27.8. The Morgan fingerprint density at radius 3 is 2.29 bits per heavy atom. The summed E-state index contributed by atoms with van der Waals surface area (Å²) in [7, 11) is -3.54. The second kappa shape index (κ2) is 12.0. The Balaban J connectivity index is 1.57. The van der Waals surface area contributed by atoms with Gasteiger partial charge in [0, 0.05) is 31.6 Å². The van der Waals surface area contributed by atoms with E-state index < -0.39 is 10.0 Å². The van der Waals surface area contributed by atoms with Gasteiger partial charge in [0.15, 0.2) is 0 Å². The summed E-state index contributed by atoms with van der Waals surface area (Å²) >= 11 is 0. The van der Waals surface area contributed by atoms with E-state index in [1.165, 1.54) is 9.87 Å². The molecule has 34 heavy (non-hydrogen) atoms. The average Bonchev–Trinajstić information content (AvgIpc) is 2.83. The van der Waals surface area contributed by atoms with Gasteiger partial charge in [-0.2, -0.15) is 4.31 Å². The molecule has 1 aliphatic rings. The molecule has 0 aromatic heterocycles. The van der Waals surface area contributed by atoms with E-state index in [-0.39, 0.29) is 17.9 Å². The monoisotopic (exact) mass is 485 g/mol. The van der Waals surface area contributed by atoms with Gasteiger partial charge in [0.2, 0.25) is 15.9 Å². The molecule has 1 amide bonds. The Kier molecular flexibility index (Phi) is 9.28. The summed E-state index contributed by atoms with van der Waals surface area (Å²) in [6.45, 7) is 11.3. The first-order chi connectivity index (χ1) is 16.3. The number of amides is 1. The Morgan fingerprint density at radius 1 is 1.06 bits per heavy atom. The lowest BCUT2D eigenvalue weighted by Gasteiger charge is -2.33. The highest BCUT2D eigenvalue weighted by Crippen LogP contribution is 2.26. The van der Waals surface area contributed by atoms with E-state index in [1.54, 1.807) is 6.07 Å². The zero-order chi connectivity index (χ0) is 24.7. The van der Waals surface area contributed by atoms with E-state index in [4.69, 9.17) is 0 Å². The van der Waals surface area contributed by atoms with Gasteiger partial charge in [-0.3, -0.25) is 9.69 Å². The van der Waals surface area contributed by atoms with Crippen molar-refractivity contribution < 1.29 is 13.2 Å². The minimum atomic E-state index is -3.54. The molecule has 1 saturated heterocycles. The van der Waals surface area contributed by atoms with Gasteiger partial charge in [0.25, 0.3) is 0 Å². The number of carbonyl (C=O) groups is 1. The molecule has 0 bridgehead atoms. The minimum Gasteiger partial charge on any atom is -0.354 e. The van der Waals surface area contributed by atoms with Gasteiger partial charge in [-0.25, -0.2) is 8.42 Å². The number of hydrogen-bond donors (Lipinski definition) is 1. The lowest BCUT2D eigenvalue weighted by Crippen LogP contribution is -2.48. The summed E-state index contributed by atoms with van der Waals surface area (Å²) in [5, 5.41) is 3.17. The second-order valence-electron chi connectivity index (χ2n) is 9.26. The van der Waals surface area contributed by atoms with Crippen LogP contribution in [-0.2, 0) is 21.2 Å². The maximum absolute atomic E-state index is 13.1. The van der Waals surface area contributed by atoms with E-state index in [1.807, 2.05) is 44.2 Å². The Morgan fingerprint density at radius 2 is 1.71 bits per heavy atom. The van der Waals surface area contributed by atoms with Crippen LogP contribution in [0.25, 0.3) is 0 Å². The number of hydrogen-bond acceptors (Lipinski definition) is 4. The fourth-order valence-corrected chi connectivity index (χ4v) is 6.58. The number of nitrogens with one attached hydrogen (secondary N) is 1. The Hall–Kier alpha value is -2.22. The molecule has 2 aromatic carbocycles. The molecule has 1 aliphatic heterocycles. The molecule has 1 N–H and O–H groups in total. The highest BCUT2D eigenvalue weighted by Gasteiger charge is 2.33. The predicted octanol–water partition coefficient (Wildman–Crippen LogP) is 3.77. The van der Waals surface area contributed by atoms with Gasteiger partial charge in [-0.05, 0) is 63.4 Å². The van der Waals surface area contributed by atoms with Crippen molar-refractivity contribution in [3.63, 3.8) is 0 Å². The van der Waals surface area contributed by atoms with Crippen LogP contribution >= 0.6 is 0 Å². The van der Waals surface area contributed by atoms with Crippen LogP contribution < -0.4 is 5.32 Å². The zero-order valence-electron chi connectivity index (χ0n) is 21.0. The maximum atomic E-state index is 13.1. The summed E-state index contributed by atoms with van der Waals surface area (Å²) in [5.74, 6) is -0.117. The maximum Gasteiger partial charge on any atom is 0.243 e. The van der Waals surface area contributed by atoms with Crippen molar-refractivity contribution in [3.05, 3.63) is 65.2 Å². The van der Waals surface area contributed by atoms with Crippen LogP contribution in [0, 0.1) is 19.8 Å². The molecule has 0 spiro atoms. The summed E-state index contributed by atoms with van der Waals surface area (Å²) in [6, 6.07) is 16.0. The summed E-state index contributed by atoms with van der Waals surface area (Å²) in [5.41, 5.74) is 3.07. The van der Waals surface area contributed by atoms with E-state index in [9.17, 15) is 13.2 Å². The number of carbonyl (C=O) groups excluding carboxylic acids is 1. The standard InChI is InChI=1S/C27H39N3O3S/c1-5-29(6-2)25(19-23-10-8-7-9-11-23)20-28-27(31)24-14-16-30(17-15-24)34(32,33)26-13-12-21(3)18-22(26)4/h7-13,18,24-25H,5-6,14-17,19-20H2,1-4H3,(H,28,31). The number of sulfonamides is 1. The van der Waals surface area contributed by atoms with Crippen LogP contribution in [0.2, 0.25) is 0 Å². The van der Waals surface area contributed by atoms with Crippen molar-refractivity contribution in [1.29, 1.82) is 0 Å². The molecule has 7 heteroatoms. The first-order valence-corrected chi connectivity index (χ1v) is 13.8. The first-order valence-electron chi connectivity index (χ1n) is 12.4. The fraction of sp³-hybridized carbons (Fsp3) is 0.519. The topological polar surface area (TPSA) is 69.7 Å². The number of piperidine rings is 1. The van der Waals surface area contributed by atoms with Gasteiger partial charge in [-0.1, -0.05) is 61.9 Å². The molecule has 0 saturated carbocycles. The van der Waals surface area contributed by atoms with Crippen molar-refractivity contribution in [2.24, 2.45) is 5.92 Å². The van der Waals surface area contributed by atoms with E-state index >= 15 is 0 Å². The molecule has 1 atom stereocenters. The number of nitrogens with zero attached hydrogens (tertiary/aromatic N) is 2. The zero-order valence-corrected chi connectivity index (χ0v) is 21.8. The van der Waals surface area contributed by atoms with Crippen molar-refractivity contribution in [1.82, 2.24) is 14.5 Å². The van der Waals surface area contributed by atoms with Gasteiger partial charge < -0.3 is 5.32 Å². The number of aryl methyl sites for hydroxylation is 2. The molecular formula is C27H39N3O3S. The van der Waals surface area contributed by atoms with Crippen LogP contribution in [0.15, 0.2) is 53.4 Å². The average molecular weight is 486 g/mol. The van der Waals surface area contributed by atoms with E-state index in [0.717, 1.165) is 30.6 Å². The molecule has 0 radical (unpaired) electrons. The predicted molar refractivity (Wildman–Crippen MR) is 137 cm³/mol. The molecule has 6 nitrogen and oxygen atoms in total. The van der Waals surface area contributed by atoms with Crippen molar-refractivity contribution in [3.8, 4) is 0 Å². The van der Waals surface area contributed by atoms with E-state index in [0.29, 0.717) is 37.4 Å². The third-order valence-electron chi connectivity index (χ3n) is 6.93. The lowest BCUT2D eigenvalue weighted by molar-refractivity contribution is -0.126. The number of benzene rings is 2. The van der Waals surface area contributed by atoms with Crippen molar-refractivity contribution in [2.75, 3.05) is 32.7 Å². The van der Waals surface area contributed by atoms with Gasteiger partial charge in [0.1, 0.15) is 0 Å². The molecule has 1 unspecified atom stereocenters. The molecule has 1 heterocycles. The third kappa shape index (κ3) is 6.46. The summed E-state index contributed by atoms with van der Waals surface area (Å²) in [6.07, 6.45) is 1.98. The molecule has 2 aromatic rings. The smallest absolute Gasteiger partial charge is 0.243 e. The largest absolute Gasteiger partial charge is 0.354 e. The molecular weight excluding hydrogens is 446 g/mol. The highest BCUT2D eigenvalue weighted by atomic mass is 32.2. The fourth-order valence-electron chi connectivity index (χ4n) is 4.91. The molecule has 3 rings (SSSR count). The normalized spacial score (nSPS) is 16.5. The van der Waals surface area contributed by atoms with Crippen LogP contribution in [0.1, 0.15) is 43.4 Å². The summed E-state index contributed by atoms with van der Waals surface area (Å²) in [4.78, 5) is 15.7. The van der Waals surface area contributed by atoms with Gasteiger partial charge in [-0.15, -0.1) is 0 Å². The quantitative estimate of drug-likeness (QED) is 0.556. The first kappa shape index (κ1) is 26.4. The molecule has 186 valence electrons. The molecule has 0 aliphatic carbocycles. The van der Waals surface area contributed by atoms with Crippen LogP contribution in [0.5, 0.6) is 0 Å². The van der Waals surface area contributed by atoms with Crippen molar-refractivity contribution in [2.45, 2.75) is 57.9 Å². The number of likely N-dealkylation sites (N-methyl/N-ethyl adjacent to an activating group) is 1.